The summed E-state index contributed by atoms with van der Waals surface area (Å²) < 4.78 is 39.0. The lowest BCUT2D eigenvalue weighted by molar-refractivity contribution is -0.137. The smallest absolute Gasteiger partial charge is 0.345 e. The van der Waals surface area contributed by atoms with Crippen molar-refractivity contribution in [3.05, 3.63) is 101 Å². The lowest BCUT2D eigenvalue weighted by Crippen LogP contribution is -2.27. The quantitative estimate of drug-likeness (QED) is 0.393. The van der Waals surface area contributed by atoms with Crippen LogP contribution in [0.5, 0.6) is 0 Å². The number of nitrogens with zero attached hydrogens (tertiary/aromatic N) is 1. The fourth-order valence-corrected chi connectivity index (χ4v) is 4.22. The number of fused-ring (bicyclic) bond motifs is 1. The van der Waals surface area contributed by atoms with Crippen LogP contribution < -0.4 is 5.32 Å². The standard InChI is InChI=1S/C26H20F3N3O/c27-26(28,29)20-6-3-5-19(14-20)24-15-23(31-32-24)17-8-10-18(11-9-17)25(33)30-22-13-12-16-4-1-2-7-21(16)22/h1-11,14-15,22H,12-13H2,(H,30,33)(H,31,32). The van der Waals surface area contributed by atoms with Crippen LogP contribution in [0.15, 0.2) is 78.9 Å². The molecule has 0 spiro atoms. The number of carbonyl (C=O) groups excluding carboxylic acids is 1. The van der Waals surface area contributed by atoms with Gasteiger partial charge in [0.25, 0.3) is 5.91 Å². The SMILES string of the molecule is O=C(NC1CCc2ccccc21)c1ccc(-c2cc(-c3cccc(C(F)(F)F)c3)n[nH]2)cc1. The molecule has 4 aromatic rings. The Balaban J connectivity index is 1.31. The first kappa shape index (κ1) is 21.0. The first-order valence-electron chi connectivity index (χ1n) is 10.6. The van der Waals surface area contributed by atoms with E-state index in [0.29, 0.717) is 22.5 Å². The van der Waals surface area contributed by atoms with Crippen molar-refractivity contribution in [1.29, 1.82) is 0 Å². The molecule has 0 saturated carbocycles. The summed E-state index contributed by atoms with van der Waals surface area (Å²) in [6.07, 6.45) is -2.57. The fourth-order valence-electron chi connectivity index (χ4n) is 4.22. The van der Waals surface area contributed by atoms with Crippen molar-refractivity contribution in [2.24, 2.45) is 0 Å². The Labute approximate surface area is 188 Å². The van der Waals surface area contributed by atoms with E-state index in [9.17, 15) is 18.0 Å². The zero-order valence-electron chi connectivity index (χ0n) is 17.5. The Morgan fingerprint density at radius 1 is 0.939 bits per heavy atom. The second-order valence-corrected chi connectivity index (χ2v) is 8.09. The fraction of sp³-hybridized carbons (Fsp3) is 0.154. The first-order chi connectivity index (χ1) is 15.9. The Bertz CT molecular complexity index is 1310. The van der Waals surface area contributed by atoms with Gasteiger partial charge in [0, 0.05) is 11.1 Å². The maximum absolute atomic E-state index is 13.0. The molecule has 1 heterocycles. The van der Waals surface area contributed by atoms with Crippen LogP contribution in [0.1, 0.15) is 39.5 Å². The van der Waals surface area contributed by atoms with E-state index in [1.807, 2.05) is 12.1 Å². The van der Waals surface area contributed by atoms with Gasteiger partial charge in [-0.05, 0) is 59.9 Å². The maximum atomic E-state index is 13.0. The van der Waals surface area contributed by atoms with Crippen LogP contribution in [0.2, 0.25) is 0 Å². The van der Waals surface area contributed by atoms with Gasteiger partial charge < -0.3 is 5.32 Å². The van der Waals surface area contributed by atoms with Gasteiger partial charge in [-0.2, -0.15) is 18.3 Å². The number of H-pyrrole nitrogens is 1. The highest BCUT2D eigenvalue weighted by Gasteiger charge is 2.30. The van der Waals surface area contributed by atoms with Gasteiger partial charge in [0.1, 0.15) is 0 Å². The van der Waals surface area contributed by atoms with E-state index in [-0.39, 0.29) is 11.9 Å². The summed E-state index contributed by atoms with van der Waals surface area (Å²) in [6, 6.07) is 22.0. The summed E-state index contributed by atoms with van der Waals surface area (Å²) in [4.78, 5) is 12.7. The Hall–Kier alpha value is -3.87. The molecule has 0 bridgehead atoms. The Morgan fingerprint density at radius 2 is 1.73 bits per heavy atom. The average molecular weight is 447 g/mol. The van der Waals surface area contributed by atoms with Crippen LogP contribution >= 0.6 is 0 Å². The molecule has 4 nitrogen and oxygen atoms in total. The summed E-state index contributed by atoms with van der Waals surface area (Å²) in [6.45, 7) is 0. The summed E-state index contributed by atoms with van der Waals surface area (Å²) >= 11 is 0. The van der Waals surface area contributed by atoms with Gasteiger partial charge in [0.05, 0.1) is 23.0 Å². The highest BCUT2D eigenvalue weighted by atomic mass is 19.4. The topological polar surface area (TPSA) is 57.8 Å². The van der Waals surface area contributed by atoms with Crippen molar-refractivity contribution in [3.8, 4) is 22.5 Å². The predicted molar refractivity (Wildman–Crippen MR) is 119 cm³/mol. The molecule has 7 heteroatoms. The van der Waals surface area contributed by atoms with Crippen LogP contribution in [0, 0.1) is 0 Å². The Morgan fingerprint density at radius 3 is 2.52 bits per heavy atom. The third-order valence-electron chi connectivity index (χ3n) is 5.96. The van der Waals surface area contributed by atoms with Gasteiger partial charge in [-0.25, -0.2) is 0 Å². The molecule has 1 aliphatic rings. The normalized spacial score (nSPS) is 15.3. The monoisotopic (exact) mass is 447 g/mol. The molecule has 33 heavy (non-hydrogen) atoms. The third kappa shape index (κ3) is 4.26. The number of nitrogens with one attached hydrogen (secondary N) is 2. The average Bonchev–Trinajstić information content (AvgIpc) is 3.47. The van der Waals surface area contributed by atoms with Crippen LogP contribution in [-0.2, 0) is 12.6 Å². The molecule has 1 atom stereocenters. The number of benzene rings is 3. The van der Waals surface area contributed by atoms with E-state index < -0.39 is 11.7 Å². The van der Waals surface area contributed by atoms with Gasteiger partial charge >= 0.3 is 6.18 Å². The predicted octanol–water partition coefficient (Wildman–Crippen LogP) is 6.18. The number of hydrogen-bond donors (Lipinski definition) is 2. The number of alkyl halides is 3. The lowest BCUT2D eigenvalue weighted by Gasteiger charge is -2.14. The highest BCUT2D eigenvalue weighted by Crippen LogP contribution is 2.33. The summed E-state index contributed by atoms with van der Waals surface area (Å²) in [7, 11) is 0. The van der Waals surface area contributed by atoms with E-state index in [0.717, 1.165) is 30.5 Å². The van der Waals surface area contributed by atoms with E-state index in [4.69, 9.17) is 0 Å². The molecule has 166 valence electrons. The van der Waals surface area contributed by atoms with E-state index in [1.165, 1.54) is 17.2 Å². The molecule has 2 N–H and O–H groups in total. The van der Waals surface area contributed by atoms with Gasteiger partial charge in [0.15, 0.2) is 0 Å². The molecule has 0 fully saturated rings. The molecule has 0 saturated heterocycles. The molecule has 1 aliphatic carbocycles. The van der Waals surface area contributed by atoms with Crippen LogP contribution in [0.3, 0.4) is 0 Å². The third-order valence-corrected chi connectivity index (χ3v) is 5.96. The molecular weight excluding hydrogens is 427 g/mol. The van der Waals surface area contributed by atoms with Crippen molar-refractivity contribution >= 4 is 5.91 Å². The summed E-state index contributed by atoms with van der Waals surface area (Å²) in [5, 5.41) is 10.1. The molecule has 1 unspecified atom stereocenters. The van der Waals surface area contributed by atoms with E-state index >= 15 is 0 Å². The van der Waals surface area contributed by atoms with Gasteiger partial charge in [-0.1, -0.05) is 48.5 Å². The van der Waals surface area contributed by atoms with Crippen molar-refractivity contribution in [1.82, 2.24) is 15.5 Å². The Kier molecular flexibility index (Phi) is 5.24. The molecule has 5 rings (SSSR count). The summed E-state index contributed by atoms with van der Waals surface area (Å²) in [5.41, 5.74) is 4.49. The molecular formula is C26H20F3N3O. The van der Waals surface area contributed by atoms with Gasteiger partial charge in [0.2, 0.25) is 0 Å². The number of carbonyl (C=O) groups is 1. The van der Waals surface area contributed by atoms with Crippen LogP contribution in [0.25, 0.3) is 22.5 Å². The molecule has 1 aromatic heterocycles. The molecule has 0 aliphatic heterocycles. The van der Waals surface area contributed by atoms with Crippen molar-refractivity contribution in [3.63, 3.8) is 0 Å². The second kappa shape index (κ2) is 8.24. The number of hydrogen-bond acceptors (Lipinski definition) is 2. The van der Waals surface area contributed by atoms with Gasteiger partial charge in [-0.15, -0.1) is 0 Å². The van der Waals surface area contributed by atoms with Crippen LogP contribution in [0.4, 0.5) is 13.2 Å². The number of aromatic nitrogens is 2. The minimum Gasteiger partial charge on any atom is -0.345 e. The maximum Gasteiger partial charge on any atom is 0.416 e. The number of amides is 1. The first-order valence-corrected chi connectivity index (χ1v) is 10.6. The van der Waals surface area contributed by atoms with Crippen LogP contribution in [-0.4, -0.2) is 16.1 Å². The number of halogens is 3. The molecule has 3 aromatic carbocycles. The van der Waals surface area contributed by atoms with Crippen molar-refractivity contribution < 1.29 is 18.0 Å². The second-order valence-electron chi connectivity index (χ2n) is 8.09. The van der Waals surface area contributed by atoms with E-state index in [2.05, 4.69) is 27.6 Å². The zero-order chi connectivity index (χ0) is 23.0. The lowest BCUT2D eigenvalue weighted by atomic mass is 10.0. The van der Waals surface area contributed by atoms with E-state index in [1.54, 1.807) is 36.4 Å². The zero-order valence-corrected chi connectivity index (χ0v) is 17.5. The van der Waals surface area contributed by atoms with Crippen molar-refractivity contribution in [2.45, 2.75) is 25.1 Å². The minimum atomic E-state index is -4.41. The number of aryl methyl sites for hydroxylation is 1. The minimum absolute atomic E-state index is 0.0102. The number of aromatic amines is 1. The molecule has 1 amide bonds. The summed E-state index contributed by atoms with van der Waals surface area (Å²) in [5.74, 6) is -0.141. The molecule has 0 radical (unpaired) electrons. The van der Waals surface area contributed by atoms with Gasteiger partial charge in [-0.3, -0.25) is 9.89 Å². The number of rotatable bonds is 4. The largest absolute Gasteiger partial charge is 0.416 e. The highest BCUT2D eigenvalue weighted by molar-refractivity contribution is 5.95. The van der Waals surface area contributed by atoms with Crippen molar-refractivity contribution in [2.75, 3.05) is 0 Å².